The molecule has 1 atom stereocenters. The van der Waals surface area contributed by atoms with Crippen molar-refractivity contribution < 1.29 is 24.2 Å². The van der Waals surface area contributed by atoms with E-state index in [9.17, 15) is 9.59 Å². The molecule has 1 amide bonds. The van der Waals surface area contributed by atoms with Crippen LogP contribution in [-0.4, -0.2) is 41.9 Å². The number of halogens is 1. The summed E-state index contributed by atoms with van der Waals surface area (Å²) in [5.74, 6) is 0.144. The zero-order valence-corrected chi connectivity index (χ0v) is 18.4. The highest BCUT2D eigenvalue weighted by atomic mass is 79.9. The van der Waals surface area contributed by atoms with Crippen molar-refractivity contribution in [1.82, 2.24) is 5.01 Å². The third kappa shape index (κ3) is 4.99. The molecule has 0 saturated heterocycles. The van der Waals surface area contributed by atoms with Crippen LogP contribution in [-0.2, 0) is 9.59 Å². The molecular weight excluding hydrogens is 452 g/mol. The summed E-state index contributed by atoms with van der Waals surface area (Å²) in [4.78, 5) is 23.8. The lowest BCUT2D eigenvalue weighted by atomic mass is 9.97. The summed E-state index contributed by atoms with van der Waals surface area (Å²) < 4.78 is 11.8. The number of nitrogens with zero attached hydrogens (tertiary/aromatic N) is 2. The predicted octanol–water partition coefficient (Wildman–Crippen LogP) is 4.40. The number of amides is 1. The van der Waals surface area contributed by atoms with E-state index in [0.29, 0.717) is 17.9 Å². The van der Waals surface area contributed by atoms with E-state index in [1.807, 2.05) is 30.3 Å². The first-order valence-electron chi connectivity index (χ1n) is 9.52. The van der Waals surface area contributed by atoms with Gasteiger partial charge in [0.2, 0.25) is 5.91 Å². The lowest BCUT2D eigenvalue weighted by molar-refractivity contribution is -0.137. The maximum absolute atomic E-state index is 12.9. The second-order valence-corrected chi connectivity index (χ2v) is 7.78. The van der Waals surface area contributed by atoms with Crippen LogP contribution in [0.25, 0.3) is 0 Å². The first-order valence-corrected chi connectivity index (χ1v) is 10.3. The number of hydrazone groups is 1. The molecule has 30 heavy (non-hydrogen) atoms. The molecular formula is C22H23BrN2O5. The molecule has 1 N–H and O–H groups in total. The minimum absolute atomic E-state index is 0.0595. The molecule has 0 spiro atoms. The van der Waals surface area contributed by atoms with Crippen molar-refractivity contribution in [2.24, 2.45) is 5.10 Å². The molecule has 0 fully saturated rings. The van der Waals surface area contributed by atoms with Gasteiger partial charge in [-0.2, -0.15) is 5.10 Å². The van der Waals surface area contributed by atoms with Gasteiger partial charge in [0.1, 0.15) is 11.5 Å². The van der Waals surface area contributed by atoms with Gasteiger partial charge in [0.15, 0.2) is 0 Å². The number of carboxylic acid groups (broad SMARTS) is 1. The van der Waals surface area contributed by atoms with Crippen LogP contribution in [0.5, 0.6) is 11.5 Å². The van der Waals surface area contributed by atoms with Crippen LogP contribution in [0.1, 0.15) is 42.9 Å². The summed E-state index contributed by atoms with van der Waals surface area (Å²) in [6.07, 6.45) is 0.813. The molecule has 7 nitrogen and oxygen atoms in total. The molecule has 0 aliphatic carbocycles. The van der Waals surface area contributed by atoms with Crippen LogP contribution in [0, 0.1) is 0 Å². The summed E-state index contributed by atoms with van der Waals surface area (Å²) in [6.45, 7) is 0. The summed E-state index contributed by atoms with van der Waals surface area (Å²) in [5, 5.41) is 14.9. The predicted molar refractivity (Wildman–Crippen MR) is 116 cm³/mol. The van der Waals surface area contributed by atoms with E-state index in [2.05, 4.69) is 21.0 Å². The molecule has 0 aromatic heterocycles. The van der Waals surface area contributed by atoms with Crippen LogP contribution >= 0.6 is 15.9 Å². The Balaban J connectivity index is 1.95. The van der Waals surface area contributed by atoms with E-state index < -0.39 is 5.97 Å². The van der Waals surface area contributed by atoms with Gasteiger partial charge in [0.05, 0.1) is 26.0 Å². The van der Waals surface area contributed by atoms with Gasteiger partial charge in [-0.1, -0.05) is 28.1 Å². The average molecular weight is 475 g/mol. The largest absolute Gasteiger partial charge is 0.497 e. The molecule has 0 unspecified atom stereocenters. The van der Waals surface area contributed by atoms with Gasteiger partial charge in [-0.05, 0) is 42.3 Å². The van der Waals surface area contributed by atoms with Crippen molar-refractivity contribution >= 4 is 33.5 Å². The minimum atomic E-state index is -0.922. The Kier molecular flexibility index (Phi) is 7.10. The highest BCUT2D eigenvalue weighted by molar-refractivity contribution is 9.10. The number of carbonyl (C=O) groups is 2. The molecule has 0 bridgehead atoms. The number of rotatable bonds is 8. The maximum atomic E-state index is 12.9. The van der Waals surface area contributed by atoms with Crippen molar-refractivity contribution in [2.45, 2.75) is 31.7 Å². The third-order valence-electron chi connectivity index (χ3n) is 4.92. The first-order chi connectivity index (χ1) is 14.4. The van der Waals surface area contributed by atoms with Gasteiger partial charge in [0.25, 0.3) is 0 Å². The van der Waals surface area contributed by atoms with Crippen LogP contribution in [0.15, 0.2) is 52.0 Å². The molecule has 3 rings (SSSR count). The Morgan fingerprint density at radius 3 is 2.50 bits per heavy atom. The average Bonchev–Trinajstić information content (AvgIpc) is 3.18. The lowest BCUT2D eigenvalue weighted by Crippen LogP contribution is -2.27. The van der Waals surface area contributed by atoms with Crippen molar-refractivity contribution in [3.8, 4) is 11.5 Å². The normalized spacial score (nSPS) is 15.6. The van der Waals surface area contributed by atoms with Gasteiger partial charge < -0.3 is 14.6 Å². The Hall–Kier alpha value is -2.87. The van der Waals surface area contributed by atoms with E-state index in [-0.39, 0.29) is 31.2 Å². The molecule has 158 valence electrons. The molecule has 1 heterocycles. The Morgan fingerprint density at radius 1 is 1.13 bits per heavy atom. The summed E-state index contributed by atoms with van der Waals surface area (Å²) in [6, 6.07) is 12.8. The highest BCUT2D eigenvalue weighted by Crippen LogP contribution is 2.39. The van der Waals surface area contributed by atoms with Crippen LogP contribution < -0.4 is 9.47 Å². The van der Waals surface area contributed by atoms with Crippen LogP contribution in [0.2, 0.25) is 0 Å². The maximum Gasteiger partial charge on any atom is 0.303 e. The van der Waals surface area contributed by atoms with E-state index in [0.717, 1.165) is 21.3 Å². The minimum Gasteiger partial charge on any atom is -0.497 e. The fraction of sp³-hybridized carbons (Fsp3) is 0.318. The number of aliphatic carboxylic acids is 1. The summed E-state index contributed by atoms with van der Waals surface area (Å²) in [5.41, 5.74) is 2.49. The van der Waals surface area contributed by atoms with Gasteiger partial charge in [0, 0.05) is 29.3 Å². The number of carboxylic acids is 1. The third-order valence-corrected chi connectivity index (χ3v) is 5.45. The molecule has 2 aromatic rings. The molecule has 8 heteroatoms. The second-order valence-electron chi connectivity index (χ2n) is 6.87. The smallest absolute Gasteiger partial charge is 0.303 e. The van der Waals surface area contributed by atoms with Crippen LogP contribution in [0.3, 0.4) is 0 Å². The van der Waals surface area contributed by atoms with Crippen molar-refractivity contribution in [3.63, 3.8) is 0 Å². The molecule has 0 radical (unpaired) electrons. The number of hydrogen-bond acceptors (Lipinski definition) is 5. The van der Waals surface area contributed by atoms with Gasteiger partial charge >= 0.3 is 5.97 Å². The summed E-state index contributed by atoms with van der Waals surface area (Å²) >= 11 is 3.43. The first kappa shape index (κ1) is 21.8. The number of carbonyl (C=O) groups excluding carboxylic acids is 1. The van der Waals surface area contributed by atoms with Crippen molar-refractivity contribution in [2.75, 3.05) is 14.2 Å². The Morgan fingerprint density at radius 2 is 1.87 bits per heavy atom. The monoisotopic (exact) mass is 474 g/mol. The molecule has 0 saturated carbocycles. The molecule has 1 aliphatic heterocycles. The van der Waals surface area contributed by atoms with Crippen molar-refractivity contribution in [1.29, 1.82) is 0 Å². The molecule has 2 aromatic carbocycles. The fourth-order valence-corrected chi connectivity index (χ4v) is 3.67. The van der Waals surface area contributed by atoms with Crippen molar-refractivity contribution in [3.05, 3.63) is 58.1 Å². The number of ether oxygens (including phenoxy) is 2. The summed E-state index contributed by atoms with van der Waals surface area (Å²) in [7, 11) is 3.16. The topological polar surface area (TPSA) is 88.4 Å². The van der Waals surface area contributed by atoms with E-state index >= 15 is 0 Å². The lowest BCUT2D eigenvalue weighted by Gasteiger charge is -2.24. The fourth-order valence-electron chi connectivity index (χ4n) is 3.40. The zero-order chi connectivity index (χ0) is 21.7. The number of methoxy groups -OCH3 is 2. The number of hydrogen-bond donors (Lipinski definition) is 1. The molecule has 1 aliphatic rings. The van der Waals surface area contributed by atoms with E-state index in [1.54, 1.807) is 26.4 Å². The number of benzene rings is 2. The van der Waals surface area contributed by atoms with E-state index in [4.69, 9.17) is 14.6 Å². The second kappa shape index (κ2) is 9.75. The standard InChI is InChI=1S/C22H23BrN2O5/c1-29-16-10-11-20(30-2)17(12-16)19-13-18(14-6-8-15(23)9-7-14)24-25(19)21(26)4-3-5-22(27)28/h6-12,19H,3-5,13H2,1-2H3,(H,27,28)/t19-/m0/s1. The van der Waals surface area contributed by atoms with E-state index in [1.165, 1.54) is 5.01 Å². The highest BCUT2D eigenvalue weighted by Gasteiger charge is 2.34. The zero-order valence-electron chi connectivity index (χ0n) is 16.8. The quantitative estimate of drug-likeness (QED) is 0.612. The van der Waals surface area contributed by atoms with Gasteiger partial charge in [-0.15, -0.1) is 0 Å². The Bertz CT molecular complexity index is 959. The SMILES string of the molecule is COc1ccc(OC)c([C@@H]2CC(c3ccc(Br)cc3)=NN2C(=O)CCCC(=O)O)c1. The van der Waals surface area contributed by atoms with Gasteiger partial charge in [-0.25, -0.2) is 5.01 Å². The van der Waals surface area contributed by atoms with Gasteiger partial charge in [-0.3, -0.25) is 9.59 Å². The Labute approximate surface area is 183 Å². The van der Waals surface area contributed by atoms with Crippen LogP contribution in [0.4, 0.5) is 0 Å².